The van der Waals surface area contributed by atoms with Gasteiger partial charge in [0.2, 0.25) is 0 Å². The van der Waals surface area contributed by atoms with Gasteiger partial charge in [-0.1, -0.05) is 0 Å². The second-order valence-corrected chi connectivity index (χ2v) is 4.48. The van der Waals surface area contributed by atoms with Crippen LogP contribution in [-0.4, -0.2) is 25.7 Å². The Morgan fingerprint density at radius 3 is 1.50 bits per heavy atom. The molecule has 8 heavy (non-hydrogen) atoms. The summed E-state index contributed by atoms with van der Waals surface area (Å²) in [6.45, 7) is 1.63. The van der Waals surface area contributed by atoms with E-state index < -0.39 is 7.51 Å². The van der Waals surface area contributed by atoms with Crippen molar-refractivity contribution in [3.63, 3.8) is 0 Å². The first kappa shape index (κ1) is 8.27. The van der Waals surface area contributed by atoms with Crippen LogP contribution >= 0.6 is 7.51 Å². The van der Waals surface area contributed by atoms with Crippen molar-refractivity contribution in [3.8, 4) is 0 Å². The Morgan fingerprint density at radius 2 is 1.50 bits per heavy atom. The van der Waals surface area contributed by atoms with Crippen LogP contribution in [0.3, 0.4) is 0 Å². The van der Waals surface area contributed by atoms with E-state index in [1.807, 2.05) is 0 Å². The molecule has 0 radical (unpaired) electrons. The van der Waals surface area contributed by atoms with Crippen molar-refractivity contribution < 1.29 is 19.6 Å². The van der Waals surface area contributed by atoms with Crippen LogP contribution in [0.1, 0.15) is 13.3 Å². The van der Waals surface area contributed by atoms with E-state index in [2.05, 4.69) is 0 Å². The Balaban J connectivity index is 3.73. The van der Waals surface area contributed by atoms with Crippen LogP contribution in [0.25, 0.3) is 0 Å². The van der Waals surface area contributed by atoms with E-state index in [4.69, 9.17) is 19.6 Å². The molecule has 5 heteroatoms. The molecule has 0 aliphatic rings. The van der Waals surface area contributed by atoms with Gasteiger partial charge in [0.25, 0.3) is 0 Å². The number of hydrogen-bond acceptors (Lipinski definition) is 4. The van der Waals surface area contributed by atoms with Gasteiger partial charge in [0.05, 0.1) is 0 Å². The van der Waals surface area contributed by atoms with Crippen LogP contribution in [0.2, 0.25) is 0 Å². The van der Waals surface area contributed by atoms with Crippen molar-refractivity contribution in [2.45, 2.75) is 13.3 Å². The maximum absolute atomic E-state index is 8.28. The molecule has 0 heterocycles. The van der Waals surface area contributed by atoms with Crippen molar-refractivity contribution >= 4 is 7.51 Å². The Kier molecular flexibility index (Phi) is 1.96. The zero-order valence-corrected chi connectivity index (χ0v) is 5.54. The molecule has 0 bridgehead atoms. The molecule has 0 atom stereocenters. The average Bonchev–Trinajstić information content (AvgIpc) is 1.25. The van der Waals surface area contributed by atoms with Crippen LogP contribution in [0, 0.1) is 0 Å². The second kappa shape index (κ2) is 1.90. The molecule has 52 valence electrons. The van der Waals surface area contributed by atoms with Crippen LogP contribution in [0.15, 0.2) is 0 Å². The summed E-state index contributed by atoms with van der Waals surface area (Å²) in [6.07, 6.45) is 0.00340. The Bertz CT molecular complexity index is 73.8. The fourth-order valence-corrected chi connectivity index (χ4v) is 1.20. The molecule has 0 spiro atoms. The molecule has 4 N–H and O–H groups in total. The molecule has 0 saturated carbocycles. The maximum atomic E-state index is 8.28. The minimum atomic E-state index is -5.10. The first-order valence-corrected chi connectivity index (χ1v) is 4.56. The van der Waals surface area contributed by atoms with Gasteiger partial charge < -0.3 is 0 Å². The Labute approximate surface area is 47.7 Å². The summed E-state index contributed by atoms with van der Waals surface area (Å²) in [4.78, 5) is 33.1. The van der Waals surface area contributed by atoms with Gasteiger partial charge in [-0.15, -0.1) is 0 Å². The predicted molar refractivity (Wildman–Crippen MR) is 31.0 cm³/mol. The topological polar surface area (TPSA) is 80.9 Å². The molecule has 0 rings (SSSR count). The molecule has 4 nitrogen and oxygen atoms in total. The van der Waals surface area contributed by atoms with Crippen LogP contribution < -0.4 is 0 Å². The summed E-state index contributed by atoms with van der Waals surface area (Å²) < 4.78 is 0. The normalized spacial score (nSPS) is 17.4. The third kappa shape index (κ3) is 6.27. The van der Waals surface area contributed by atoms with Gasteiger partial charge >= 0.3 is 46.6 Å². The van der Waals surface area contributed by atoms with E-state index in [1.54, 1.807) is 6.92 Å². The molecule has 0 saturated heterocycles. The summed E-state index contributed by atoms with van der Waals surface area (Å²) in [5.41, 5.74) is 0. The SMILES string of the molecule is CCCP(O)(O)(O)O. The molecular weight excluding hydrogens is 131 g/mol. The van der Waals surface area contributed by atoms with Crippen molar-refractivity contribution in [1.82, 2.24) is 0 Å². The summed E-state index contributed by atoms with van der Waals surface area (Å²) in [5, 5.41) is 0. The van der Waals surface area contributed by atoms with E-state index in [-0.39, 0.29) is 6.16 Å². The zero-order chi connectivity index (χ0) is 6.86. The van der Waals surface area contributed by atoms with E-state index in [1.165, 1.54) is 0 Å². The standard InChI is InChI=1S/C3H11O4P/c1-2-3-8(4,5,6)7/h4-7H,2-3H2,1H3. The molecule has 0 amide bonds. The molecule has 0 aromatic carbocycles. The van der Waals surface area contributed by atoms with E-state index in [9.17, 15) is 0 Å². The fourth-order valence-electron chi connectivity index (χ4n) is 0.400. The first-order valence-electron chi connectivity index (χ1n) is 2.32. The monoisotopic (exact) mass is 142 g/mol. The van der Waals surface area contributed by atoms with Gasteiger partial charge in [0, 0.05) is 0 Å². The molecule has 0 aliphatic heterocycles. The van der Waals surface area contributed by atoms with Crippen LogP contribution in [0.4, 0.5) is 0 Å². The number of hydrogen-bond donors (Lipinski definition) is 4. The molecular formula is C3H11O4P. The van der Waals surface area contributed by atoms with Crippen LogP contribution in [0.5, 0.6) is 0 Å². The first-order chi connectivity index (χ1) is 3.31. The molecule has 0 unspecified atom stereocenters. The third-order valence-electron chi connectivity index (χ3n) is 0.624. The van der Waals surface area contributed by atoms with Gasteiger partial charge in [-0.25, -0.2) is 0 Å². The fraction of sp³-hybridized carbons (Fsp3) is 1.00. The van der Waals surface area contributed by atoms with Gasteiger partial charge in [-0.3, -0.25) is 0 Å². The van der Waals surface area contributed by atoms with E-state index >= 15 is 0 Å². The predicted octanol–water partition coefficient (Wildman–Crippen LogP) is -0.421. The van der Waals surface area contributed by atoms with Gasteiger partial charge in [0.15, 0.2) is 0 Å². The molecule has 0 aromatic heterocycles. The van der Waals surface area contributed by atoms with Crippen molar-refractivity contribution in [2.24, 2.45) is 0 Å². The van der Waals surface area contributed by atoms with E-state index in [0.717, 1.165) is 0 Å². The average molecular weight is 142 g/mol. The quantitative estimate of drug-likeness (QED) is 0.395. The molecule has 0 fully saturated rings. The van der Waals surface area contributed by atoms with Crippen molar-refractivity contribution in [3.05, 3.63) is 0 Å². The summed E-state index contributed by atoms with van der Waals surface area (Å²) in [6, 6.07) is 0. The zero-order valence-electron chi connectivity index (χ0n) is 4.65. The summed E-state index contributed by atoms with van der Waals surface area (Å²) in [5.74, 6) is 0. The van der Waals surface area contributed by atoms with Crippen molar-refractivity contribution in [1.29, 1.82) is 0 Å². The Hall–Kier alpha value is 0.270. The van der Waals surface area contributed by atoms with Crippen LogP contribution in [-0.2, 0) is 0 Å². The van der Waals surface area contributed by atoms with Gasteiger partial charge in [-0.2, -0.15) is 0 Å². The second-order valence-electron chi connectivity index (χ2n) is 1.83. The summed E-state index contributed by atoms with van der Waals surface area (Å²) >= 11 is 0. The molecule has 0 aliphatic carbocycles. The van der Waals surface area contributed by atoms with Gasteiger partial charge in [0.1, 0.15) is 0 Å². The third-order valence-corrected chi connectivity index (χ3v) is 1.87. The van der Waals surface area contributed by atoms with Crippen molar-refractivity contribution in [2.75, 3.05) is 6.16 Å². The van der Waals surface area contributed by atoms with E-state index in [0.29, 0.717) is 6.42 Å². The molecule has 0 aromatic rings. The minimum absolute atomic E-state index is 0.342. The van der Waals surface area contributed by atoms with Gasteiger partial charge in [-0.05, 0) is 0 Å². The Morgan fingerprint density at radius 1 is 1.12 bits per heavy atom. The summed E-state index contributed by atoms with van der Waals surface area (Å²) in [7, 11) is -5.10. The number of rotatable bonds is 2.